The number of nitrogens with zero attached hydrogens (tertiary/aromatic N) is 1. The fourth-order valence-corrected chi connectivity index (χ4v) is 3.75. The third kappa shape index (κ3) is 5.14. The molecule has 0 aliphatic heterocycles. The molecule has 1 aromatic heterocycles. The summed E-state index contributed by atoms with van der Waals surface area (Å²) in [4.78, 5) is 17.8. The Balaban J connectivity index is 1.54. The number of halogens is 1. The van der Waals surface area contributed by atoms with Gasteiger partial charge < -0.3 is 10.1 Å². The Morgan fingerprint density at radius 2 is 1.85 bits per heavy atom. The predicted molar refractivity (Wildman–Crippen MR) is 106 cm³/mol. The first kappa shape index (κ1) is 19.0. The van der Waals surface area contributed by atoms with Gasteiger partial charge >= 0.3 is 0 Å². The lowest BCUT2D eigenvalue weighted by atomic mass is 10.1. The first-order valence-corrected chi connectivity index (χ1v) is 9.48. The van der Waals surface area contributed by atoms with E-state index in [-0.39, 0.29) is 18.1 Å². The molecule has 0 aliphatic rings. The second kappa shape index (κ2) is 8.77. The van der Waals surface area contributed by atoms with Crippen LogP contribution in [0.15, 0.2) is 48.5 Å². The summed E-state index contributed by atoms with van der Waals surface area (Å²) in [6, 6.07) is 13.8. The van der Waals surface area contributed by atoms with Gasteiger partial charge in [0.25, 0.3) is 0 Å². The quantitative estimate of drug-likeness (QED) is 0.665. The van der Waals surface area contributed by atoms with Crippen molar-refractivity contribution in [1.29, 1.82) is 0 Å². The lowest BCUT2D eigenvalue weighted by Crippen LogP contribution is -2.27. The van der Waals surface area contributed by atoms with Crippen molar-refractivity contribution in [3.8, 4) is 16.3 Å². The standard InChI is InChI=1S/C21H21FN2O2S/c1-14-19(27-21(24-14)16-5-9-18(26-2)10-6-16)11-12-23-20(25)13-15-3-7-17(22)8-4-15/h3-10H,11-13H2,1-2H3,(H,23,25). The van der Waals surface area contributed by atoms with E-state index < -0.39 is 0 Å². The fourth-order valence-electron chi connectivity index (χ4n) is 2.68. The van der Waals surface area contributed by atoms with Crippen LogP contribution in [0.5, 0.6) is 5.75 Å². The minimum Gasteiger partial charge on any atom is -0.497 e. The van der Waals surface area contributed by atoms with Crippen LogP contribution in [0.3, 0.4) is 0 Å². The number of carbonyl (C=O) groups excluding carboxylic acids is 1. The molecule has 4 nitrogen and oxygen atoms in total. The van der Waals surface area contributed by atoms with Gasteiger partial charge in [-0.1, -0.05) is 12.1 Å². The Morgan fingerprint density at radius 1 is 1.15 bits per heavy atom. The van der Waals surface area contributed by atoms with E-state index in [4.69, 9.17) is 4.74 Å². The number of amides is 1. The highest BCUT2D eigenvalue weighted by atomic mass is 32.1. The number of rotatable bonds is 7. The number of hydrogen-bond donors (Lipinski definition) is 1. The number of aromatic nitrogens is 1. The number of carbonyl (C=O) groups is 1. The first-order chi connectivity index (χ1) is 13.0. The van der Waals surface area contributed by atoms with E-state index in [1.807, 2.05) is 31.2 Å². The summed E-state index contributed by atoms with van der Waals surface area (Å²) >= 11 is 1.64. The molecule has 0 fully saturated rings. The lowest BCUT2D eigenvalue weighted by Gasteiger charge is -2.05. The van der Waals surface area contributed by atoms with E-state index in [9.17, 15) is 9.18 Å². The molecule has 140 valence electrons. The van der Waals surface area contributed by atoms with Crippen molar-refractivity contribution in [3.63, 3.8) is 0 Å². The Hall–Kier alpha value is -2.73. The molecule has 2 aromatic carbocycles. The van der Waals surface area contributed by atoms with E-state index in [1.165, 1.54) is 12.1 Å². The monoisotopic (exact) mass is 384 g/mol. The zero-order valence-electron chi connectivity index (χ0n) is 15.3. The Kier molecular flexibility index (Phi) is 6.19. The van der Waals surface area contributed by atoms with Crippen molar-refractivity contribution in [2.75, 3.05) is 13.7 Å². The van der Waals surface area contributed by atoms with Crippen LogP contribution >= 0.6 is 11.3 Å². The molecule has 27 heavy (non-hydrogen) atoms. The number of thiazole rings is 1. The largest absolute Gasteiger partial charge is 0.497 e. The van der Waals surface area contributed by atoms with E-state index in [0.717, 1.165) is 38.9 Å². The van der Waals surface area contributed by atoms with Crippen LogP contribution in [-0.4, -0.2) is 24.5 Å². The number of nitrogens with one attached hydrogen (secondary N) is 1. The zero-order valence-corrected chi connectivity index (χ0v) is 16.1. The summed E-state index contributed by atoms with van der Waals surface area (Å²) in [6.45, 7) is 2.53. The molecule has 6 heteroatoms. The van der Waals surface area contributed by atoms with Gasteiger partial charge in [0, 0.05) is 23.4 Å². The third-order valence-electron chi connectivity index (χ3n) is 4.18. The highest BCUT2D eigenvalue weighted by Gasteiger charge is 2.10. The number of ether oxygens (including phenoxy) is 1. The Bertz CT molecular complexity index is 905. The molecule has 0 unspecified atom stereocenters. The van der Waals surface area contributed by atoms with Crippen molar-refractivity contribution >= 4 is 17.2 Å². The maximum atomic E-state index is 12.9. The number of benzene rings is 2. The van der Waals surface area contributed by atoms with Crippen LogP contribution in [0.25, 0.3) is 10.6 Å². The minimum atomic E-state index is -0.299. The summed E-state index contributed by atoms with van der Waals surface area (Å²) < 4.78 is 18.1. The van der Waals surface area contributed by atoms with Crippen LogP contribution in [0.2, 0.25) is 0 Å². The Labute approximate surface area is 162 Å². The number of aryl methyl sites for hydroxylation is 1. The first-order valence-electron chi connectivity index (χ1n) is 8.67. The minimum absolute atomic E-state index is 0.0702. The molecule has 0 saturated heterocycles. The normalized spacial score (nSPS) is 10.6. The lowest BCUT2D eigenvalue weighted by molar-refractivity contribution is -0.120. The summed E-state index contributed by atoms with van der Waals surface area (Å²) in [7, 11) is 1.64. The molecule has 1 heterocycles. The van der Waals surface area contributed by atoms with Crippen molar-refractivity contribution < 1.29 is 13.9 Å². The van der Waals surface area contributed by atoms with Gasteiger partial charge in [-0.3, -0.25) is 4.79 Å². The molecule has 0 aliphatic carbocycles. The molecular formula is C21H21FN2O2S. The van der Waals surface area contributed by atoms with Crippen LogP contribution in [0.1, 0.15) is 16.1 Å². The van der Waals surface area contributed by atoms with Gasteiger partial charge in [0.05, 0.1) is 19.2 Å². The summed E-state index contributed by atoms with van der Waals surface area (Å²) in [6.07, 6.45) is 0.980. The molecule has 0 bridgehead atoms. The van der Waals surface area contributed by atoms with Crippen LogP contribution in [-0.2, 0) is 17.6 Å². The molecule has 0 radical (unpaired) electrons. The summed E-state index contributed by atoms with van der Waals surface area (Å²) in [5.41, 5.74) is 2.83. The van der Waals surface area contributed by atoms with E-state index in [2.05, 4.69) is 10.3 Å². The van der Waals surface area contributed by atoms with Gasteiger partial charge in [-0.05, 0) is 48.9 Å². The van der Waals surface area contributed by atoms with Gasteiger partial charge in [0.15, 0.2) is 0 Å². The summed E-state index contributed by atoms with van der Waals surface area (Å²) in [5.74, 6) is 0.447. The molecule has 3 rings (SSSR count). The van der Waals surface area contributed by atoms with Gasteiger partial charge in [0.2, 0.25) is 5.91 Å². The molecule has 1 N–H and O–H groups in total. The SMILES string of the molecule is COc1ccc(-c2nc(C)c(CCNC(=O)Cc3ccc(F)cc3)s2)cc1. The van der Waals surface area contributed by atoms with Crippen LogP contribution in [0.4, 0.5) is 4.39 Å². The van der Waals surface area contributed by atoms with Gasteiger partial charge in [0.1, 0.15) is 16.6 Å². The Morgan fingerprint density at radius 3 is 2.52 bits per heavy atom. The molecular weight excluding hydrogens is 363 g/mol. The van der Waals surface area contributed by atoms with Crippen molar-refractivity contribution in [2.45, 2.75) is 19.8 Å². The van der Waals surface area contributed by atoms with Gasteiger partial charge in [-0.15, -0.1) is 11.3 Å². The maximum Gasteiger partial charge on any atom is 0.224 e. The highest BCUT2D eigenvalue weighted by molar-refractivity contribution is 7.15. The van der Waals surface area contributed by atoms with E-state index in [0.29, 0.717) is 6.54 Å². The second-order valence-corrected chi connectivity index (χ2v) is 7.24. The third-order valence-corrected chi connectivity index (χ3v) is 5.45. The van der Waals surface area contributed by atoms with Crippen molar-refractivity contribution in [2.24, 2.45) is 0 Å². The molecule has 0 spiro atoms. The molecule has 1 amide bonds. The molecule has 0 atom stereocenters. The maximum absolute atomic E-state index is 12.9. The molecule has 3 aromatic rings. The van der Waals surface area contributed by atoms with Gasteiger partial charge in [-0.2, -0.15) is 0 Å². The number of methoxy groups -OCH3 is 1. The fraction of sp³-hybridized carbons (Fsp3) is 0.238. The summed E-state index contributed by atoms with van der Waals surface area (Å²) in [5, 5.41) is 3.88. The zero-order chi connectivity index (χ0) is 19.2. The second-order valence-electron chi connectivity index (χ2n) is 6.16. The average Bonchev–Trinajstić information content (AvgIpc) is 3.04. The van der Waals surface area contributed by atoms with E-state index in [1.54, 1.807) is 30.6 Å². The number of hydrogen-bond acceptors (Lipinski definition) is 4. The highest BCUT2D eigenvalue weighted by Crippen LogP contribution is 2.29. The average molecular weight is 384 g/mol. The predicted octanol–water partition coefficient (Wildman–Crippen LogP) is 4.17. The topological polar surface area (TPSA) is 51.2 Å². The van der Waals surface area contributed by atoms with Crippen LogP contribution in [0, 0.1) is 12.7 Å². The smallest absolute Gasteiger partial charge is 0.224 e. The van der Waals surface area contributed by atoms with Crippen molar-refractivity contribution in [3.05, 3.63) is 70.5 Å². The van der Waals surface area contributed by atoms with Gasteiger partial charge in [-0.25, -0.2) is 9.37 Å². The van der Waals surface area contributed by atoms with Crippen LogP contribution < -0.4 is 10.1 Å². The van der Waals surface area contributed by atoms with E-state index >= 15 is 0 Å². The van der Waals surface area contributed by atoms with Crippen molar-refractivity contribution in [1.82, 2.24) is 10.3 Å². The molecule has 0 saturated carbocycles.